The Kier molecular flexibility index (Phi) is 5.75. The Bertz CT molecular complexity index is 1010. The van der Waals surface area contributed by atoms with E-state index in [0.29, 0.717) is 36.4 Å². The van der Waals surface area contributed by atoms with Crippen LogP contribution in [-0.2, 0) is 17.9 Å². The lowest BCUT2D eigenvalue weighted by molar-refractivity contribution is -0.132. The van der Waals surface area contributed by atoms with E-state index in [4.69, 9.17) is 4.42 Å². The number of carbonyl (C=O) groups is 3. The van der Waals surface area contributed by atoms with Crippen LogP contribution in [0.4, 0.5) is 0 Å². The van der Waals surface area contributed by atoms with Crippen molar-refractivity contribution in [2.24, 2.45) is 0 Å². The quantitative estimate of drug-likeness (QED) is 0.536. The lowest BCUT2D eigenvalue weighted by Gasteiger charge is -2.22. The summed E-state index contributed by atoms with van der Waals surface area (Å²) in [6.07, 6.45) is 2.23. The number of imide groups is 1. The van der Waals surface area contributed by atoms with E-state index < -0.39 is 0 Å². The third kappa shape index (κ3) is 4.17. The van der Waals surface area contributed by atoms with Gasteiger partial charge in [0.2, 0.25) is 5.91 Å². The lowest BCUT2D eigenvalue weighted by atomic mass is 10.1. The van der Waals surface area contributed by atoms with Crippen molar-refractivity contribution in [1.82, 2.24) is 9.80 Å². The summed E-state index contributed by atoms with van der Waals surface area (Å²) in [5.41, 5.74) is 1.88. The topological polar surface area (TPSA) is 70.8 Å². The average molecular weight is 402 g/mol. The van der Waals surface area contributed by atoms with Gasteiger partial charge in [0, 0.05) is 19.5 Å². The third-order valence-electron chi connectivity index (χ3n) is 5.15. The van der Waals surface area contributed by atoms with Crippen LogP contribution in [-0.4, -0.2) is 34.1 Å². The second-order valence-corrected chi connectivity index (χ2v) is 7.23. The van der Waals surface area contributed by atoms with Crippen molar-refractivity contribution in [2.45, 2.75) is 25.9 Å². The van der Waals surface area contributed by atoms with Crippen LogP contribution in [0.3, 0.4) is 0 Å². The van der Waals surface area contributed by atoms with Gasteiger partial charge in [-0.15, -0.1) is 0 Å². The highest BCUT2D eigenvalue weighted by molar-refractivity contribution is 6.21. The summed E-state index contributed by atoms with van der Waals surface area (Å²) in [6.45, 7) is 1.05. The minimum atomic E-state index is -0.292. The van der Waals surface area contributed by atoms with E-state index in [9.17, 15) is 14.4 Å². The highest BCUT2D eigenvalue weighted by Crippen LogP contribution is 2.23. The van der Waals surface area contributed by atoms with Crippen molar-refractivity contribution in [3.05, 3.63) is 95.4 Å². The van der Waals surface area contributed by atoms with E-state index in [1.165, 1.54) is 4.90 Å². The molecule has 0 radical (unpaired) electrons. The molecule has 1 aromatic heterocycles. The molecule has 0 N–H and O–H groups in total. The first-order valence-electron chi connectivity index (χ1n) is 9.93. The van der Waals surface area contributed by atoms with Gasteiger partial charge in [-0.25, -0.2) is 0 Å². The van der Waals surface area contributed by atoms with E-state index in [2.05, 4.69) is 0 Å². The fraction of sp³-hybridized carbons (Fsp3) is 0.208. The molecule has 0 bridgehead atoms. The fourth-order valence-electron chi connectivity index (χ4n) is 3.62. The van der Waals surface area contributed by atoms with Crippen molar-refractivity contribution in [2.75, 3.05) is 6.54 Å². The van der Waals surface area contributed by atoms with Crippen molar-refractivity contribution in [1.29, 1.82) is 0 Å². The molecule has 0 spiro atoms. The first-order valence-corrected chi connectivity index (χ1v) is 9.93. The SMILES string of the molecule is O=C(CCCN1C(=O)c2ccccc2C1=O)N(Cc1ccccc1)Cc1ccco1. The fourth-order valence-corrected chi connectivity index (χ4v) is 3.62. The van der Waals surface area contributed by atoms with Crippen LogP contribution >= 0.6 is 0 Å². The van der Waals surface area contributed by atoms with Gasteiger partial charge >= 0.3 is 0 Å². The van der Waals surface area contributed by atoms with Gasteiger partial charge in [0.25, 0.3) is 11.8 Å². The van der Waals surface area contributed by atoms with Crippen LogP contribution in [0.5, 0.6) is 0 Å². The minimum Gasteiger partial charge on any atom is -0.467 e. The van der Waals surface area contributed by atoms with Gasteiger partial charge in [-0.2, -0.15) is 0 Å². The molecule has 2 heterocycles. The molecule has 152 valence electrons. The summed E-state index contributed by atoms with van der Waals surface area (Å²) in [6, 6.07) is 20.2. The van der Waals surface area contributed by atoms with Gasteiger partial charge in [0.05, 0.1) is 23.9 Å². The van der Waals surface area contributed by atoms with Crippen LogP contribution in [0, 0.1) is 0 Å². The third-order valence-corrected chi connectivity index (χ3v) is 5.15. The Morgan fingerprint density at radius 3 is 2.13 bits per heavy atom. The van der Waals surface area contributed by atoms with Gasteiger partial charge in [-0.05, 0) is 36.2 Å². The van der Waals surface area contributed by atoms with Gasteiger partial charge in [0.1, 0.15) is 5.76 Å². The largest absolute Gasteiger partial charge is 0.467 e. The Morgan fingerprint density at radius 2 is 1.50 bits per heavy atom. The van der Waals surface area contributed by atoms with Gasteiger partial charge in [-0.1, -0.05) is 42.5 Å². The second kappa shape index (κ2) is 8.78. The molecule has 4 rings (SSSR count). The van der Waals surface area contributed by atoms with E-state index in [-0.39, 0.29) is 30.7 Å². The maximum absolute atomic E-state index is 12.9. The normalized spacial score (nSPS) is 12.9. The van der Waals surface area contributed by atoms with E-state index in [0.717, 1.165) is 5.56 Å². The standard InChI is InChI=1S/C24H22N2O4/c27-22(13-6-14-26-23(28)20-11-4-5-12-21(20)24(26)29)25(17-19-10-7-15-30-19)16-18-8-2-1-3-9-18/h1-5,7-12,15H,6,13-14,16-17H2. The predicted molar refractivity (Wildman–Crippen MR) is 110 cm³/mol. The number of rotatable bonds is 8. The highest BCUT2D eigenvalue weighted by Gasteiger charge is 2.34. The molecule has 30 heavy (non-hydrogen) atoms. The molecule has 3 amide bonds. The maximum Gasteiger partial charge on any atom is 0.261 e. The molecule has 1 aliphatic rings. The van der Waals surface area contributed by atoms with Crippen LogP contribution in [0.2, 0.25) is 0 Å². The number of hydrogen-bond donors (Lipinski definition) is 0. The smallest absolute Gasteiger partial charge is 0.261 e. The van der Waals surface area contributed by atoms with Crippen LogP contribution < -0.4 is 0 Å². The molecule has 6 heteroatoms. The molecule has 6 nitrogen and oxygen atoms in total. The molecular formula is C24H22N2O4. The molecule has 0 fully saturated rings. The summed E-state index contributed by atoms with van der Waals surface area (Å²) in [5, 5.41) is 0. The minimum absolute atomic E-state index is 0.0492. The zero-order chi connectivity index (χ0) is 20.9. The summed E-state index contributed by atoms with van der Waals surface area (Å²) in [7, 11) is 0. The number of nitrogens with zero attached hydrogens (tertiary/aromatic N) is 2. The van der Waals surface area contributed by atoms with Crippen molar-refractivity contribution < 1.29 is 18.8 Å². The van der Waals surface area contributed by atoms with Crippen molar-refractivity contribution in [3.63, 3.8) is 0 Å². The zero-order valence-corrected chi connectivity index (χ0v) is 16.5. The number of carbonyl (C=O) groups excluding carboxylic acids is 3. The predicted octanol–water partition coefficient (Wildman–Crippen LogP) is 3.88. The Labute approximate surface area is 174 Å². The highest BCUT2D eigenvalue weighted by atomic mass is 16.3. The molecule has 0 unspecified atom stereocenters. The average Bonchev–Trinajstić information content (AvgIpc) is 3.36. The van der Waals surface area contributed by atoms with E-state index in [1.54, 1.807) is 41.5 Å². The Morgan fingerprint density at radius 1 is 0.833 bits per heavy atom. The maximum atomic E-state index is 12.9. The van der Waals surface area contributed by atoms with Gasteiger partial charge in [-0.3, -0.25) is 19.3 Å². The molecule has 3 aromatic rings. The summed E-state index contributed by atoms with van der Waals surface area (Å²) < 4.78 is 5.41. The summed E-state index contributed by atoms with van der Waals surface area (Å²) >= 11 is 0. The van der Waals surface area contributed by atoms with Gasteiger partial charge < -0.3 is 9.32 Å². The van der Waals surface area contributed by atoms with Crippen molar-refractivity contribution in [3.8, 4) is 0 Å². The number of hydrogen-bond acceptors (Lipinski definition) is 4. The molecule has 0 saturated carbocycles. The first-order chi connectivity index (χ1) is 14.6. The van der Waals surface area contributed by atoms with E-state index in [1.807, 2.05) is 36.4 Å². The number of benzene rings is 2. The summed E-state index contributed by atoms with van der Waals surface area (Å²) in [5.74, 6) is 0.0750. The second-order valence-electron chi connectivity index (χ2n) is 7.23. The molecule has 0 atom stereocenters. The molecule has 1 aliphatic heterocycles. The van der Waals surface area contributed by atoms with E-state index >= 15 is 0 Å². The lowest BCUT2D eigenvalue weighted by Crippen LogP contribution is -2.33. The Balaban J connectivity index is 1.38. The summed E-state index contributed by atoms with van der Waals surface area (Å²) in [4.78, 5) is 40.8. The number of amides is 3. The molecule has 2 aromatic carbocycles. The number of furan rings is 1. The Hall–Kier alpha value is -3.67. The molecular weight excluding hydrogens is 380 g/mol. The monoisotopic (exact) mass is 402 g/mol. The zero-order valence-electron chi connectivity index (χ0n) is 16.5. The molecule has 0 saturated heterocycles. The molecule has 0 aliphatic carbocycles. The van der Waals surface area contributed by atoms with Crippen LogP contribution in [0.25, 0.3) is 0 Å². The van der Waals surface area contributed by atoms with Crippen LogP contribution in [0.15, 0.2) is 77.4 Å². The number of fused-ring (bicyclic) bond motifs is 1. The van der Waals surface area contributed by atoms with Crippen LogP contribution in [0.1, 0.15) is 44.9 Å². The first kappa shape index (κ1) is 19.6. The van der Waals surface area contributed by atoms with Crippen molar-refractivity contribution >= 4 is 17.7 Å². The van der Waals surface area contributed by atoms with Gasteiger partial charge in [0.15, 0.2) is 0 Å².